The second-order valence-electron chi connectivity index (χ2n) is 8.31. The minimum atomic E-state index is -0.872. The van der Waals surface area contributed by atoms with Crippen LogP contribution < -0.4 is 19.1 Å². The average molecular weight is 488 g/mol. The smallest absolute Gasteiger partial charge is 0.300 e. The van der Waals surface area contributed by atoms with Crippen LogP contribution in [0.5, 0.6) is 17.2 Å². The summed E-state index contributed by atoms with van der Waals surface area (Å²) in [5.41, 5.74) is 2.49. The number of aliphatic hydroxyl groups is 1. The van der Waals surface area contributed by atoms with Gasteiger partial charge in [0.25, 0.3) is 11.7 Å². The molecule has 3 aromatic carbocycles. The van der Waals surface area contributed by atoms with E-state index in [0.29, 0.717) is 47.3 Å². The van der Waals surface area contributed by atoms with Crippen LogP contribution in [0.15, 0.2) is 72.3 Å². The van der Waals surface area contributed by atoms with Crippen LogP contribution in [0.4, 0.5) is 5.69 Å². The van der Waals surface area contributed by atoms with Crippen LogP contribution in [0.1, 0.15) is 36.6 Å². The number of aryl methyl sites for hydroxylation is 1. The first-order valence-corrected chi connectivity index (χ1v) is 11.8. The number of carbonyl (C=O) groups excluding carboxylic acids is 2. The van der Waals surface area contributed by atoms with Crippen molar-refractivity contribution in [3.63, 3.8) is 0 Å². The third-order valence-electron chi connectivity index (χ3n) is 5.97. The highest BCUT2D eigenvalue weighted by molar-refractivity contribution is 6.51. The summed E-state index contributed by atoms with van der Waals surface area (Å²) in [6.07, 6.45) is 0. The highest BCUT2D eigenvalue weighted by Crippen LogP contribution is 2.44. The van der Waals surface area contributed by atoms with E-state index in [1.54, 1.807) is 48.5 Å². The zero-order valence-corrected chi connectivity index (χ0v) is 20.8. The van der Waals surface area contributed by atoms with Gasteiger partial charge in [-0.25, -0.2) is 0 Å². The molecule has 0 aliphatic carbocycles. The van der Waals surface area contributed by atoms with E-state index >= 15 is 0 Å². The zero-order chi connectivity index (χ0) is 25.8. The number of hydrogen-bond acceptors (Lipinski definition) is 6. The van der Waals surface area contributed by atoms with Crippen molar-refractivity contribution in [2.75, 3.05) is 25.2 Å². The highest BCUT2D eigenvalue weighted by Gasteiger charge is 2.47. The summed E-state index contributed by atoms with van der Waals surface area (Å²) in [5, 5.41) is 11.3. The first-order valence-electron chi connectivity index (χ1n) is 11.8. The lowest BCUT2D eigenvalue weighted by Gasteiger charge is -2.26. The Hall–Kier alpha value is -4.26. The van der Waals surface area contributed by atoms with Crippen molar-refractivity contribution in [1.82, 2.24) is 0 Å². The topological polar surface area (TPSA) is 85.3 Å². The van der Waals surface area contributed by atoms with Gasteiger partial charge in [-0.15, -0.1) is 0 Å². The number of ketones is 1. The lowest BCUT2D eigenvalue weighted by molar-refractivity contribution is -0.132. The zero-order valence-electron chi connectivity index (χ0n) is 20.8. The summed E-state index contributed by atoms with van der Waals surface area (Å²) in [5.74, 6) is -0.0915. The number of ether oxygens (including phenoxy) is 3. The molecular weight excluding hydrogens is 458 g/mol. The molecule has 0 aromatic heterocycles. The normalized spacial score (nSPS) is 16.8. The number of nitrogens with zero attached hydrogens (tertiary/aromatic N) is 1. The predicted octanol–water partition coefficient (Wildman–Crippen LogP) is 5.43. The van der Waals surface area contributed by atoms with Crippen LogP contribution in [0.25, 0.3) is 5.76 Å². The van der Waals surface area contributed by atoms with Gasteiger partial charge in [-0.2, -0.15) is 0 Å². The van der Waals surface area contributed by atoms with Crippen molar-refractivity contribution in [2.45, 2.75) is 26.8 Å². The molecule has 0 saturated carbocycles. The van der Waals surface area contributed by atoms with E-state index in [9.17, 15) is 14.7 Å². The molecule has 1 aliphatic heterocycles. The predicted molar refractivity (Wildman–Crippen MR) is 138 cm³/mol. The second-order valence-corrected chi connectivity index (χ2v) is 8.31. The summed E-state index contributed by atoms with van der Waals surface area (Å²) in [4.78, 5) is 28.2. The Kier molecular flexibility index (Phi) is 7.29. The van der Waals surface area contributed by atoms with Gasteiger partial charge in [0.05, 0.1) is 31.9 Å². The molecule has 7 heteroatoms. The fraction of sp³-hybridized carbons (Fsp3) is 0.241. The molecule has 1 atom stereocenters. The highest BCUT2D eigenvalue weighted by atomic mass is 16.5. The number of aliphatic hydroxyl groups excluding tert-OH is 1. The largest absolute Gasteiger partial charge is 0.507 e. The maximum atomic E-state index is 13.4. The maximum absolute atomic E-state index is 13.4. The van der Waals surface area contributed by atoms with Crippen LogP contribution in [-0.4, -0.2) is 37.1 Å². The molecule has 0 radical (unpaired) electrons. The molecule has 1 unspecified atom stereocenters. The number of methoxy groups -OCH3 is 1. The maximum Gasteiger partial charge on any atom is 0.300 e. The summed E-state index contributed by atoms with van der Waals surface area (Å²) in [6.45, 7) is 6.62. The molecule has 4 rings (SSSR count). The molecule has 0 bridgehead atoms. The molecule has 1 amide bonds. The quantitative estimate of drug-likeness (QED) is 0.259. The second kappa shape index (κ2) is 10.6. The van der Waals surface area contributed by atoms with Crippen LogP contribution >= 0.6 is 0 Å². The number of anilines is 1. The molecule has 3 aromatic rings. The van der Waals surface area contributed by atoms with Gasteiger partial charge < -0.3 is 19.3 Å². The van der Waals surface area contributed by atoms with Gasteiger partial charge in [0.1, 0.15) is 11.5 Å². The Morgan fingerprint density at radius 1 is 0.917 bits per heavy atom. The van der Waals surface area contributed by atoms with E-state index in [-0.39, 0.29) is 11.3 Å². The number of rotatable bonds is 8. The number of Topliss-reactive ketones (excluding diaryl/α,β-unsaturated/α-hetero) is 1. The van der Waals surface area contributed by atoms with Crippen molar-refractivity contribution in [2.24, 2.45) is 0 Å². The lowest BCUT2D eigenvalue weighted by Crippen LogP contribution is -2.29. The van der Waals surface area contributed by atoms with Crippen molar-refractivity contribution < 1.29 is 28.9 Å². The number of amides is 1. The Morgan fingerprint density at radius 3 is 2.28 bits per heavy atom. The molecule has 1 fully saturated rings. The summed E-state index contributed by atoms with van der Waals surface area (Å²) in [6, 6.07) is 18.5. The van der Waals surface area contributed by atoms with E-state index in [1.807, 2.05) is 39.0 Å². The number of hydrogen-bond donors (Lipinski definition) is 1. The van der Waals surface area contributed by atoms with Crippen LogP contribution in [0.2, 0.25) is 0 Å². The van der Waals surface area contributed by atoms with Gasteiger partial charge in [0.2, 0.25) is 0 Å². The minimum Gasteiger partial charge on any atom is -0.507 e. The Morgan fingerprint density at radius 2 is 1.64 bits per heavy atom. The van der Waals surface area contributed by atoms with Gasteiger partial charge in [-0.05, 0) is 80.4 Å². The van der Waals surface area contributed by atoms with Gasteiger partial charge in [-0.3, -0.25) is 14.5 Å². The van der Waals surface area contributed by atoms with Gasteiger partial charge in [-0.1, -0.05) is 18.2 Å². The van der Waals surface area contributed by atoms with E-state index in [0.717, 1.165) is 5.56 Å². The summed E-state index contributed by atoms with van der Waals surface area (Å²) >= 11 is 0. The molecule has 0 spiro atoms. The standard InChI is InChI=1S/C29H29NO6/c1-5-35-22-13-10-19(11-14-22)27(31)25-26(20-12-15-23(36-6-2)24(17-20)34-4)30(29(33)28(25)32)21-9-7-8-18(3)16-21/h7-17,26,31H,5-6H2,1-4H3/b27-25-. The van der Waals surface area contributed by atoms with E-state index in [4.69, 9.17) is 14.2 Å². The fourth-order valence-corrected chi connectivity index (χ4v) is 4.35. The van der Waals surface area contributed by atoms with Crippen LogP contribution in [0.3, 0.4) is 0 Å². The molecule has 186 valence electrons. The first kappa shape index (κ1) is 24.9. The lowest BCUT2D eigenvalue weighted by atomic mass is 9.94. The third kappa shape index (κ3) is 4.64. The average Bonchev–Trinajstić information content (AvgIpc) is 3.15. The monoisotopic (exact) mass is 487 g/mol. The Labute approximate surface area is 210 Å². The third-order valence-corrected chi connectivity index (χ3v) is 5.97. The number of benzene rings is 3. The van der Waals surface area contributed by atoms with Gasteiger partial charge >= 0.3 is 0 Å². The van der Waals surface area contributed by atoms with Crippen molar-refractivity contribution >= 4 is 23.1 Å². The molecular formula is C29H29NO6. The van der Waals surface area contributed by atoms with E-state index < -0.39 is 17.7 Å². The SMILES string of the molecule is CCOc1ccc(/C(O)=C2/C(=O)C(=O)N(c3cccc(C)c3)C2c2ccc(OCC)c(OC)c2)cc1. The molecule has 1 saturated heterocycles. The van der Waals surface area contributed by atoms with Crippen LogP contribution in [-0.2, 0) is 9.59 Å². The van der Waals surface area contributed by atoms with Gasteiger partial charge in [0.15, 0.2) is 11.5 Å². The van der Waals surface area contributed by atoms with E-state index in [2.05, 4.69) is 0 Å². The molecule has 36 heavy (non-hydrogen) atoms. The van der Waals surface area contributed by atoms with Gasteiger partial charge in [0, 0.05) is 11.3 Å². The minimum absolute atomic E-state index is 0.00289. The van der Waals surface area contributed by atoms with Crippen LogP contribution in [0, 0.1) is 6.92 Å². The summed E-state index contributed by atoms with van der Waals surface area (Å²) in [7, 11) is 1.53. The van der Waals surface area contributed by atoms with Crippen molar-refractivity contribution in [1.29, 1.82) is 0 Å². The summed E-state index contributed by atoms with van der Waals surface area (Å²) < 4.78 is 16.7. The molecule has 1 heterocycles. The Balaban J connectivity index is 1.91. The van der Waals surface area contributed by atoms with Crippen molar-refractivity contribution in [3.8, 4) is 17.2 Å². The Bertz CT molecular complexity index is 1310. The number of carbonyl (C=O) groups is 2. The molecule has 7 nitrogen and oxygen atoms in total. The fourth-order valence-electron chi connectivity index (χ4n) is 4.35. The van der Waals surface area contributed by atoms with Crippen molar-refractivity contribution in [3.05, 3.63) is 89.0 Å². The molecule has 1 aliphatic rings. The van der Waals surface area contributed by atoms with E-state index in [1.165, 1.54) is 12.0 Å². The molecule has 1 N–H and O–H groups in total. The first-order chi connectivity index (χ1) is 17.4.